The number of amides is 2. The molecule has 29 heavy (non-hydrogen) atoms. The first-order chi connectivity index (χ1) is 14.0. The van der Waals surface area contributed by atoms with E-state index in [1.165, 1.54) is 0 Å². The Morgan fingerprint density at radius 1 is 1.10 bits per heavy atom. The Bertz CT molecular complexity index is 1030. The van der Waals surface area contributed by atoms with Crippen molar-refractivity contribution >= 4 is 11.8 Å². The van der Waals surface area contributed by atoms with Gasteiger partial charge in [0.15, 0.2) is 0 Å². The first kappa shape index (κ1) is 18.9. The molecule has 0 bridgehead atoms. The van der Waals surface area contributed by atoms with Gasteiger partial charge in [-0.2, -0.15) is 0 Å². The molecule has 0 unspecified atom stereocenters. The van der Waals surface area contributed by atoms with E-state index < -0.39 is 6.04 Å². The van der Waals surface area contributed by atoms with E-state index >= 15 is 0 Å². The fourth-order valence-corrected chi connectivity index (χ4v) is 3.51. The van der Waals surface area contributed by atoms with Gasteiger partial charge in [-0.15, -0.1) is 5.10 Å². The summed E-state index contributed by atoms with van der Waals surface area (Å²) in [5.74, 6) is -0.369. The lowest BCUT2D eigenvalue weighted by molar-refractivity contribution is -0.126. The molecule has 1 aliphatic rings. The van der Waals surface area contributed by atoms with Crippen LogP contribution >= 0.6 is 0 Å². The van der Waals surface area contributed by atoms with Crippen molar-refractivity contribution in [1.29, 1.82) is 0 Å². The Morgan fingerprint density at radius 2 is 1.83 bits per heavy atom. The second-order valence-corrected chi connectivity index (χ2v) is 7.40. The zero-order chi connectivity index (χ0) is 20.4. The van der Waals surface area contributed by atoms with Crippen LogP contribution in [0.3, 0.4) is 0 Å². The largest absolute Gasteiger partial charge is 0.348 e. The molecule has 4 rings (SSSR count). The van der Waals surface area contributed by atoms with Crippen molar-refractivity contribution in [2.24, 2.45) is 0 Å². The molecule has 0 saturated carbocycles. The Balaban J connectivity index is 1.56. The molecule has 7 nitrogen and oxygen atoms in total. The Kier molecular flexibility index (Phi) is 5.12. The van der Waals surface area contributed by atoms with Gasteiger partial charge in [0.25, 0.3) is 5.91 Å². The minimum atomic E-state index is -0.712. The average molecular weight is 389 g/mol. The molecule has 7 heteroatoms. The molecule has 0 fully saturated rings. The third kappa shape index (κ3) is 3.76. The Labute approximate surface area is 169 Å². The standard InChI is InChI=1S/C22H23N5O2/c1-15(2)27-14-18(24-25-27)12-23-21(28)20(16-8-4-3-5-9-16)26-13-17-10-6-7-11-19(17)22(26)29/h3-11,14-15,20H,12-13H2,1-2H3,(H,23,28)/t20-/m1/s1. The lowest BCUT2D eigenvalue weighted by Crippen LogP contribution is -2.40. The molecule has 1 atom stereocenters. The Hall–Kier alpha value is -3.48. The van der Waals surface area contributed by atoms with E-state index in [0.717, 1.165) is 11.1 Å². The van der Waals surface area contributed by atoms with Gasteiger partial charge in [0, 0.05) is 18.2 Å². The van der Waals surface area contributed by atoms with E-state index in [9.17, 15) is 9.59 Å². The van der Waals surface area contributed by atoms with Crippen LogP contribution < -0.4 is 5.32 Å². The third-order valence-electron chi connectivity index (χ3n) is 5.06. The summed E-state index contributed by atoms with van der Waals surface area (Å²) in [6, 6.07) is 16.4. The van der Waals surface area contributed by atoms with E-state index in [1.54, 1.807) is 9.58 Å². The van der Waals surface area contributed by atoms with Crippen molar-refractivity contribution in [3.05, 3.63) is 83.2 Å². The minimum Gasteiger partial charge on any atom is -0.348 e. The van der Waals surface area contributed by atoms with E-state index in [4.69, 9.17) is 0 Å². The highest BCUT2D eigenvalue weighted by molar-refractivity contribution is 6.01. The van der Waals surface area contributed by atoms with Crippen molar-refractivity contribution in [3.63, 3.8) is 0 Å². The maximum Gasteiger partial charge on any atom is 0.255 e. The maximum absolute atomic E-state index is 13.2. The van der Waals surface area contributed by atoms with Gasteiger partial charge >= 0.3 is 0 Å². The third-order valence-corrected chi connectivity index (χ3v) is 5.06. The van der Waals surface area contributed by atoms with Gasteiger partial charge in [-0.25, -0.2) is 4.68 Å². The number of carbonyl (C=O) groups is 2. The van der Waals surface area contributed by atoms with Crippen molar-refractivity contribution < 1.29 is 9.59 Å². The summed E-state index contributed by atoms with van der Waals surface area (Å²) in [4.78, 5) is 27.8. The molecule has 0 spiro atoms. The van der Waals surface area contributed by atoms with Crippen molar-refractivity contribution in [3.8, 4) is 0 Å². The fraction of sp³-hybridized carbons (Fsp3) is 0.273. The molecule has 148 valence electrons. The van der Waals surface area contributed by atoms with Gasteiger partial charge in [0.2, 0.25) is 5.91 Å². The smallest absolute Gasteiger partial charge is 0.255 e. The predicted octanol–water partition coefficient (Wildman–Crippen LogP) is 2.87. The van der Waals surface area contributed by atoms with Gasteiger partial charge in [-0.1, -0.05) is 53.7 Å². The van der Waals surface area contributed by atoms with Crippen LogP contribution in [0.1, 0.15) is 53.1 Å². The first-order valence-corrected chi connectivity index (χ1v) is 9.67. The maximum atomic E-state index is 13.2. The first-order valence-electron chi connectivity index (χ1n) is 9.67. The molecular formula is C22H23N5O2. The van der Waals surface area contributed by atoms with E-state index in [0.29, 0.717) is 17.8 Å². The second-order valence-electron chi connectivity index (χ2n) is 7.40. The summed E-state index contributed by atoms with van der Waals surface area (Å²) in [6.07, 6.45) is 1.82. The number of nitrogens with zero attached hydrogens (tertiary/aromatic N) is 4. The Morgan fingerprint density at radius 3 is 2.52 bits per heavy atom. The summed E-state index contributed by atoms with van der Waals surface area (Å²) in [5, 5.41) is 11.1. The number of aromatic nitrogens is 3. The summed E-state index contributed by atoms with van der Waals surface area (Å²) < 4.78 is 1.75. The molecule has 2 aromatic carbocycles. The SMILES string of the molecule is CC(C)n1cc(CNC(=O)[C@@H](c2ccccc2)N2Cc3ccccc3C2=O)nn1. The number of carbonyl (C=O) groups excluding carboxylic acids is 2. The lowest BCUT2D eigenvalue weighted by Gasteiger charge is -2.27. The molecule has 0 aliphatic carbocycles. The molecule has 0 radical (unpaired) electrons. The van der Waals surface area contributed by atoms with Gasteiger partial charge in [-0.05, 0) is 31.0 Å². The average Bonchev–Trinajstić information content (AvgIpc) is 3.33. The number of hydrogen-bond donors (Lipinski definition) is 1. The number of nitrogens with one attached hydrogen (secondary N) is 1. The lowest BCUT2D eigenvalue weighted by atomic mass is 10.0. The van der Waals surface area contributed by atoms with Crippen LogP contribution in [-0.4, -0.2) is 31.7 Å². The molecule has 1 aliphatic heterocycles. The highest BCUT2D eigenvalue weighted by atomic mass is 16.2. The predicted molar refractivity (Wildman–Crippen MR) is 108 cm³/mol. The van der Waals surface area contributed by atoms with Crippen LogP contribution in [0, 0.1) is 0 Å². The molecule has 2 amide bonds. The second kappa shape index (κ2) is 7.87. The molecule has 1 aromatic heterocycles. The van der Waals surface area contributed by atoms with Crippen molar-refractivity contribution in [2.45, 2.75) is 39.0 Å². The van der Waals surface area contributed by atoms with Crippen molar-refractivity contribution in [2.75, 3.05) is 0 Å². The number of benzene rings is 2. The number of hydrogen-bond acceptors (Lipinski definition) is 4. The van der Waals surface area contributed by atoms with Gasteiger partial charge in [-0.3, -0.25) is 9.59 Å². The van der Waals surface area contributed by atoms with Crippen LogP contribution in [0.5, 0.6) is 0 Å². The van der Waals surface area contributed by atoms with Crippen LogP contribution in [0.15, 0.2) is 60.8 Å². The minimum absolute atomic E-state index is 0.129. The van der Waals surface area contributed by atoms with Crippen LogP contribution in [0.25, 0.3) is 0 Å². The van der Waals surface area contributed by atoms with E-state index in [2.05, 4.69) is 15.6 Å². The zero-order valence-electron chi connectivity index (χ0n) is 16.4. The van der Waals surface area contributed by atoms with Gasteiger partial charge < -0.3 is 10.2 Å². The van der Waals surface area contributed by atoms with Crippen LogP contribution in [0.2, 0.25) is 0 Å². The topological polar surface area (TPSA) is 80.1 Å². The molecular weight excluding hydrogens is 366 g/mol. The van der Waals surface area contributed by atoms with E-state index in [-0.39, 0.29) is 24.4 Å². The molecule has 0 saturated heterocycles. The highest BCUT2D eigenvalue weighted by Gasteiger charge is 2.37. The summed E-state index contributed by atoms with van der Waals surface area (Å²) in [6.45, 7) is 4.69. The van der Waals surface area contributed by atoms with Crippen LogP contribution in [-0.2, 0) is 17.9 Å². The number of fused-ring (bicyclic) bond motifs is 1. The van der Waals surface area contributed by atoms with E-state index in [1.807, 2.05) is 74.6 Å². The monoisotopic (exact) mass is 389 g/mol. The van der Waals surface area contributed by atoms with Gasteiger partial charge in [0.1, 0.15) is 11.7 Å². The number of rotatable bonds is 6. The normalized spacial score (nSPS) is 14.2. The molecule has 2 heterocycles. The van der Waals surface area contributed by atoms with Gasteiger partial charge in [0.05, 0.1) is 12.7 Å². The summed E-state index contributed by atoms with van der Waals surface area (Å²) in [7, 11) is 0. The zero-order valence-corrected chi connectivity index (χ0v) is 16.4. The fourth-order valence-electron chi connectivity index (χ4n) is 3.51. The highest BCUT2D eigenvalue weighted by Crippen LogP contribution is 2.31. The van der Waals surface area contributed by atoms with Crippen molar-refractivity contribution in [1.82, 2.24) is 25.2 Å². The molecule has 3 aromatic rings. The molecule has 1 N–H and O–H groups in total. The summed E-state index contributed by atoms with van der Waals surface area (Å²) >= 11 is 0. The quantitative estimate of drug-likeness (QED) is 0.703. The summed E-state index contributed by atoms with van der Waals surface area (Å²) in [5.41, 5.74) is 3.04. The van der Waals surface area contributed by atoms with Crippen LogP contribution in [0.4, 0.5) is 0 Å².